The van der Waals surface area contributed by atoms with Crippen LogP contribution in [0.1, 0.15) is 6.42 Å². The van der Waals surface area contributed by atoms with E-state index < -0.39 is 0 Å². The fraction of sp³-hybridized carbons (Fsp3) is 0.278. The van der Waals surface area contributed by atoms with E-state index in [1.165, 1.54) is 5.69 Å². The Labute approximate surface area is 134 Å². The highest BCUT2D eigenvalue weighted by Crippen LogP contribution is 2.36. The van der Waals surface area contributed by atoms with Crippen molar-refractivity contribution in [1.82, 2.24) is 9.66 Å². The van der Waals surface area contributed by atoms with Crippen LogP contribution in [-0.4, -0.2) is 39.9 Å². The first-order chi connectivity index (χ1) is 11.3. The van der Waals surface area contributed by atoms with Crippen molar-refractivity contribution in [2.24, 2.45) is 0 Å². The highest BCUT2D eigenvalue weighted by Gasteiger charge is 2.44. The summed E-state index contributed by atoms with van der Waals surface area (Å²) in [6, 6.07) is 15.1. The second-order valence-corrected chi connectivity index (χ2v) is 6.40. The van der Waals surface area contributed by atoms with Crippen molar-refractivity contribution in [3.8, 4) is 5.88 Å². The van der Waals surface area contributed by atoms with Gasteiger partial charge in [0.15, 0.2) is 0 Å². The van der Waals surface area contributed by atoms with Gasteiger partial charge in [-0.05, 0) is 24.6 Å². The van der Waals surface area contributed by atoms with Crippen LogP contribution in [0, 0.1) is 0 Å². The highest BCUT2D eigenvalue weighted by atomic mass is 16.3. The Morgan fingerprint density at radius 2 is 1.83 bits per heavy atom. The maximum absolute atomic E-state index is 10.4. The van der Waals surface area contributed by atoms with Crippen LogP contribution in [0.2, 0.25) is 0 Å². The SMILES string of the molecule is Oc1cc2ccccc2n1N1C[C@@H]2C[C@H]1CN2c1ccncc1. The Hall–Kier alpha value is -2.69. The number of anilines is 1. The number of rotatable bonds is 2. The van der Waals surface area contributed by atoms with Crippen LogP contribution in [0.3, 0.4) is 0 Å². The van der Waals surface area contributed by atoms with Gasteiger partial charge in [-0.2, -0.15) is 0 Å². The summed E-state index contributed by atoms with van der Waals surface area (Å²) in [4.78, 5) is 6.57. The molecule has 1 N–H and O–H groups in total. The van der Waals surface area contributed by atoms with Crippen molar-refractivity contribution in [2.45, 2.75) is 18.5 Å². The van der Waals surface area contributed by atoms with Crippen LogP contribution in [0.25, 0.3) is 10.9 Å². The molecule has 4 heterocycles. The number of fused-ring (bicyclic) bond motifs is 3. The largest absolute Gasteiger partial charge is 0.493 e. The number of hydrogen-bond acceptors (Lipinski definition) is 4. The predicted molar refractivity (Wildman–Crippen MR) is 90.5 cm³/mol. The number of piperazine rings is 1. The van der Waals surface area contributed by atoms with E-state index in [2.05, 4.69) is 33.1 Å². The highest BCUT2D eigenvalue weighted by molar-refractivity contribution is 5.82. The molecule has 1 aromatic carbocycles. The lowest BCUT2D eigenvalue weighted by Crippen LogP contribution is -2.51. The molecule has 2 bridgehead atoms. The van der Waals surface area contributed by atoms with E-state index in [0.29, 0.717) is 18.0 Å². The normalized spacial score (nSPS) is 23.1. The molecule has 5 nitrogen and oxygen atoms in total. The second kappa shape index (κ2) is 4.65. The fourth-order valence-electron chi connectivity index (χ4n) is 4.14. The van der Waals surface area contributed by atoms with E-state index in [4.69, 9.17) is 0 Å². The average Bonchev–Trinajstić information content (AvgIpc) is 3.26. The molecule has 5 rings (SSSR count). The van der Waals surface area contributed by atoms with Crippen molar-refractivity contribution >= 4 is 16.6 Å². The molecule has 23 heavy (non-hydrogen) atoms. The van der Waals surface area contributed by atoms with Gasteiger partial charge in [-0.1, -0.05) is 18.2 Å². The van der Waals surface area contributed by atoms with E-state index in [1.807, 2.05) is 41.3 Å². The zero-order chi connectivity index (χ0) is 15.4. The van der Waals surface area contributed by atoms with Crippen LogP contribution < -0.4 is 9.91 Å². The minimum absolute atomic E-state index is 0.328. The summed E-state index contributed by atoms with van der Waals surface area (Å²) >= 11 is 0. The molecular weight excluding hydrogens is 288 g/mol. The Kier molecular flexibility index (Phi) is 2.59. The van der Waals surface area contributed by atoms with Crippen molar-refractivity contribution < 1.29 is 5.11 Å². The molecule has 2 fully saturated rings. The lowest BCUT2D eigenvalue weighted by Gasteiger charge is -2.37. The molecule has 116 valence electrons. The van der Waals surface area contributed by atoms with E-state index in [-0.39, 0.29) is 0 Å². The summed E-state index contributed by atoms with van der Waals surface area (Å²) in [5, 5.41) is 13.8. The second-order valence-electron chi connectivity index (χ2n) is 6.40. The summed E-state index contributed by atoms with van der Waals surface area (Å²) in [5.74, 6) is 0.328. The minimum atomic E-state index is 0.328. The topological polar surface area (TPSA) is 44.5 Å². The van der Waals surface area contributed by atoms with Crippen LogP contribution in [-0.2, 0) is 0 Å². The molecule has 5 heteroatoms. The van der Waals surface area contributed by atoms with E-state index in [0.717, 1.165) is 30.4 Å². The minimum Gasteiger partial charge on any atom is -0.493 e. The molecule has 0 radical (unpaired) electrons. The molecule has 2 aliphatic heterocycles. The van der Waals surface area contributed by atoms with Gasteiger partial charge < -0.3 is 15.0 Å². The Morgan fingerprint density at radius 1 is 1.00 bits per heavy atom. The van der Waals surface area contributed by atoms with Gasteiger partial charge in [0.25, 0.3) is 0 Å². The van der Waals surface area contributed by atoms with Crippen LogP contribution in [0.4, 0.5) is 5.69 Å². The summed E-state index contributed by atoms with van der Waals surface area (Å²) < 4.78 is 1.99. The monoisotopic (exact) mass is 306 g/mol. The summed E-state index contributed by atoms with van der Waals surface area (Å²) in [7, 11) is 0. The number of para-hydroxylation sites is 1. The Morgan fingerprint density at radius 3 is 2.61 bits per heavy atom. The first-order valence-electron chi connectivity index (χ1n) is 8.04. The zero-order valence-electron chi connectivity index (χ0n) is 12.7. The van der Waals surface area contributed by atoms with Crippen molar-refractivity contribution in [1.29, 1.82) is 0 Å². The fourth-order valence-corrected chi connectivity index (χ4v) is 4.14. The van der Waals surface area contributed by atoms with Gasteiger partial charge in [0.05, 0.1) is 24.1 Å². The van der Waals surface area contributed by atoms with Crippen LogP contribution >= 0.6 is 0 Å². The van der Waals surface area contributed by atoms with Crippen molar-refractivity contribution in [3.05, 3.63) is 54.9 Å². The van der Waals surface area contributed by atoms with Gasteiger partial charge in [0.2, 0.25) is 5.88 Å². The molecule has 2 saturated heterocycles. The van der Waals surface area contributed by atoms with E-state index >= 15 is 0 Å². The maximum Gasteiger partial charge on any atom is 0.211 e. The van der Waals surface area contributed by atoms with Gasteiger partial charge in [-0.3, -0.25) is 4.98 Å². The summed E-state index contributed by atoms with van der Waals surface area (Å²) in [6.45, 7) is 1.92. The molecule has 0 spiro atoms. The van der Waals surface area contributed by atoms with E-state index in [9.17, 15) is 5.11 Å². The summed E-state index contributed by atoms with van der Waals surface area (Å²) in [5.41, 5.74) is 2.32. The predicted octanol–water partition coefficient (Wildman–Crippen LogP) is 2.34. The van der Waals surface area contributed by atoms with Crippen molar-refractivity contribution in [2.75, 3.05) is 23.0 Å². The third kappa shape index (κ3) is 1.82. The number of benzene rings is 1. The molecule has 0 amide bonds. The van der Waals surface area contributed by atoms with Gasteiger partial charge in [0, 0.05) is 36.1 Å². The van der Waals surface area contributed by atoms with Crippen LogP contribution in [0.15, 0.2) is 54.9 Å². The Bertz CT molecular complexity index is 860. The molecule has 3 aromatic rings. The number of aromatic hydroxyl groups is 1. The maximum atomic E-state index is 10.4. The number of hydrogen-bond donors (Lipinski definition) is 1. The standard InChI is InChI=1S/C18H18N4O/c23-18-9-13-3-1-2-4-17(13)22(18)21-12-15-10-16(21)11-20(15)14-5-7-19-8-6-14/h1-9,15-16,23H,10-12H2/t15-,16-/m0/s1. The first-order valence-corrected chi connectivity index (χ1v) is 8.04. The molecule has 0 aliphatic carbocycles. The van der Waals surface area contributed by atoms with Crippen molar-refractivity contribution in [3.63, 3.8) is 0 Å². The molecule has 2 aliphatic rings. The van der Waals surface area contributed by atoms with Crippen LogP contribution in [0.5, 0.6) is 5.88 Å². The third-order valence-electron chi connectivity index (χ3n) is 5.13. The van der Waals surface area contributed by atoms with E-state index in [1.54, 1.807) is 0 Å². The van der Waals surface area contributed by atoms with Gasteiger partial charge >= 0.3 is 0 Å². The molecular formula is C18H18N4O. The smallest absolute Gasteiger partial charge is 0.211 e. The molecule has 0 unspecified atom stereocenters. The lowest BCUT2D eigenvalue weighted by atomic mass is 10.2. The molecule has 2 atom stereocenters. The summed E-state index contributed by atoms with van der Waals surface area (Å²) in [6.07, 6.45) is 4.84. The quantitative estimate of drug-likeness (QED) is 0.789. The molecule has 0 saturated carbocycles. The number of aromatic nitrogens is 2. The Balaban J connectivity index is 1.48. The lowest BCUT2D eigenvalue weighted by molar-refractivity contribution is 0.399. The first kappa shape index (κ1) is 12.8. The molecule has 2 aromatic heterocycles. The van der Waals surface area contributed by atoms with Gasteiger partial charge in [0.1, 0.15) is 0 Å². The number of nitrogens with zero attached hydrogens (tertiary/aromatic N) is 4. The zero-order valence-corrected chi connectivity index (χ0v) is 12.7. The van der Waals surface area contributed by atoms with Gasteiger partial charge in [-0.15, -0.1) is 0 Å². The third-order valence-corrected chi connectivity index (χ3v) is 5.13. The van der Waals surface area contributed by atoms with Gasteiger partial charge in [-0.25, -0.2) is 4.68 Å². The number of pyridine rings is 1. The average molecular weight is 306 g/mol.